The highest BCUT2D eigenvalue weighted by atomic mass is 16.5. The summed E-state index contributed by atoms with van der Waals surface area (Å²) in [7, 11) is 1.65. The Morgan fingerprint density at radius 1 is 1.10 bits per heavy atom. The van der Waals surface area contributed by atoms with Crippen LogP contribution in [0.5, 0.6) is 5.75 Å². The van der Waals surface area contributed by atoms with Gasteiger partial charge in [0.1, 0.15) is 11.9 Å². The Kier molecular flexibility index (Phi) is 4.55. The van der Waals surface area contributed by atoms with E-state index in [1.807, 2.05) is 48.0 Å². The second kappa shape index (κ2) is 7.38. The first-order chi connectivity index (χ1) is 14.6. The van der Waals surface area contributed by atoms with Crippen LogP contribution >= 0.6 is 0 Å². The number of methoxy groups -OCH3 is 1. The first-order valence-corrected chi connectivity index (χ1v) is 9.72. The van der Waals surface area contributed by atoms with Crippen molar-refractivity contribution >= 4 is 0 Å². The molecule has 8 nitrogen and oxygen atoms in total. The molecule has 152 valence electrons. The van der Waals surface area contributed by atoms with Crippen LogP contribution in [0.4, 0.5) is 0 Å². The van der Waals surface area contributed by atoms with Crippen LogP contribution in [0, 0.1) is 13.8 Å². The maximum Gasteiger partial charge on any atom is 0.258 e. The summed E-state index contributed by atoms with van der Waals surface area (Å²) >= 11 is 0. The molecule has 1 aliphatic heterocycles. The lowest BCUT2D eigenvalue weighted by molar-refractivity contribution is -0.00114. The molecule has 2 aromatic heterocycles. The summed E-state index contributed by atoms with van der Waals surface area (Å²) in [6, 6.07) is 14.0. The molecular formula is C22H21N5O3. The molecule has 0 fully saturated rings. The number of nitrogens with zero attached hydrogens (tertiary/aromatic N) is 5. The van der Waals surface area contributed by atoms with E-state index in [4.69, 9.17) is 14.0 Å². The van der Waals surface area contributed by atoms with Crippen molar-refractivity contribution < 1.29 is 14.0 Å². The number of aromatic nitrogens is 5. The van der Waals surface area contributed by atoms with Gasteiger partial charge in [0.15, 0.2) is 5.69 Å². The van der Waals surface area contributed by atoms with Gasteiger partial charge in [-0.2, -0.15) is 4.98 Å². The summed E-state index contributed by atoms with van der Waals surface area (Å²) in [6.45, 7) is 5.01. The van der Waals surface area contributed by atoms with Crippen molar-refractivity contribution in [3.05, 3.63) is 64.8 Å². The average Bonchev–Trinajstić information content (AvgIpc) is 3.40. The van der Waals surface area contributed by atoms with Gasteiger partial charge in [-0.05, 0) is 43.2 Å². The highest BCUT2D eigenvalue weighted by molar-refractivity contribution is 5.62. The second-order valence-electron chi connectivity index (χ2n) is 7.38. The Bertz CT molecular complexity index is 1200. The third-order valence-corrected chi connectivity index (χ3v) is 5.34. The normalized spacial score (nSPS) is 15.8. The van der Waals surface area contributed by atoms with E-state index < -0.39 is 0 Å². The number of aryl methyl sites for hydroxylation is 2. The topological polar surface area (TPSA) is 88.1 Å². The highest BCUT2D eigenvalue weighted by Gasteiger charge is 2.27. The zero-order valence-corrected chi connectivity index (χ0v) is 17.0. The molecule has 0 unspecified atom stereocenters. The van der Waals surface area contributed by atoms with Crippen LogP contribution in [0.1, 0.15) is 28.5 Å². The van der Waals surface area contributed by atoms with Gasteiger partial charge in [0, 0.05) is 5.56 Å². The van der Waals surface area contributed by atoms with Crippen LogP contribution in [0.15, 0.2) is 47.0 Å². The number of hydrogen-bond acceptors (Lipinski definition) is 7. The molecule has 0 radical (unpaired) electrons. The summed E-state index contributed by atoms with van der Waals surface area (Å²) in [5.74, 6) is 1.70. The Morgan fingerprint density at radius 2 is 1.93 bits per heavy atom. The van der Waals surface area contributed by atoms with E-state index >= 15 is 0 Å². The zero-order valence-electron chi connectivity index (χ0n) is 17.0. The van der Waals surface area contributed by atoms with Crippen molar-refractivity contribution in [3.63, 3.8) is 0 Å². The highest BCUT2D eigenvalue weighted by Crippen LogP contribution is 2.31. The van der Waals surface area contributed by atoms with Crippen molar-refractivity contribution in [2.24, 2.45) is 0 Å². The quantitative estimate of drug-likeness (QED) is 0.511. The van der Waals surface area contributed by atoms with E-state index in [0.717, 1.165) is 28.1 Å². The third-order valence-electron chi connectivity index (χ3n) is 5.34. The van der Waals surface area contributed by atoms with Gasteiger partial charge in [-0.1, -0.05) is 40.2 Å². The van der Waals surface area contributed by atoms with Gasteiger partial charge in [-0.3, -0.25) is 0 Å². The zero-order chi connectivity index (χ0) is 20.7. The molecule has 1 aliphatic rings. The van der Waals surface area contributed by atoms with E-state index in [1.165, 1.54) is 5.56 Å². The number of benzene rings is 2. The molecule has 0 aliphatic carbocycles. The van der Waals surface area contributed by atoms with Crippen molar-refractivity contribution in [2.75, 3.05) is 7.11 Å². The molecule has 8 heteroatoms. The van der Waals surface area contributed by atoms with Crippen molar-refractivity contribution in [1.29, 1.82) is 0 Å². The van der Waals surface area contributed by atoms with Crippen LogP contribution in [0.3, 0.4) is 0 Å². The van der Waals surface area contributed by atoms with Gasteiger partial charge in [0.05, 0.1) is 26.0 Å². The molecule has 0 spiro atoms. The van der Waals surface area contributed by atoms with Gasteiger partial charge in [-0.15, -0.1) is 5.10 Å². The lowest BCUT2D eigenvalue weighted by Gasteiger charge is -2.24. The largest absolute Gasteiger partial charge is 0.497 e. The molecule has 1 atom stereocenters. The summed E-state index contributed by atoms with van der Waals surface area (Å²) in [5.41, 5.74) is 5.68. The molecule has 2 aromatic carbocycles. The number of ether oxygens (including phenoxy) is 2. The van der Waals surface area contributed by atoms with E-state index in [-0.39, 0.29) is 6.10 Å². The second-order valence-corrected chi connectivity index (χ2v) is 7.38. The van der Waals surface area contributed by atoms with E-state index in [2.05, 4.69) is 33.4 Å². The molecule has 3 heterocycles. The van der Waals surface area contributed by atoms with E-state index in [9.17, 15) is 0 Å². The summed E-state index contributed by atoms with van der Waals surface area (Å²) in [5, 5.41) is 12.7. The molecule has 0 amide bonds. The predicted molar refractivity (Wildman–Crippen MR) is 109 cm³/mol. The fraction of sp³-hybridized carbons (Fsp3) is 0.273. The maximum atomic E-state index is 6.08. The summed E-state index contributed by atoms with van der Waals surface area (Å²) in [6.07, 6.45) is -0.103. The minimum Gasteiger partial charge on any atom is -0.497 e. The average molecular weight is 403 g/mol. The van der Waals surface area contributed by atoms with Gasteiger partial charge < -0.3 is 14.0 Å². The minimum absolute atomic E-state index is 0.103. The van der Waals surface area contributed by atoms with Gasteiger partial charge in [-0.25, -0.2) is 4.68 Å². The molecule has 5 rings (SSSR count). The molecular weight excluding hydrogens is 382 g/mol. The molecule has 0 N–H and O–H groups in total. The first kappa shape index (κ1) is 18.5. The Balaban J connectivity index is 1.40. The molecule has 30 heavy (non-hydrogen) atoms. The Labute approximate surface area is 173 Å². The van der Waals surface area contributed by atoms with E-state index in [0.29, 0.717) is 30.6 Å². The van der Waals surface area contributed by atoms with E-state index in [1.54, 1.807) is 7.11 Å². The van der Waals surface area contributed by atoms with Crippen LogP contribution in [0.2, 0.25) is 0 Å². The molecule has 0 saturated carbocycles. The Hall–Kier alpha value is -3.52. The minimum atomic E-state index is -0.103. The monoisotopic (exact) mass is 403 g/mol. The first-order valence-electron chi connectivity index (χ1n) is 9.72. The van der Waals surface area contributed by atoms with Crippen molar-refractivity contribution in [3.8, 4) is 28.7 Å². The predicted octanol–water partition coefficient (Wildman–Crippen LogP) is 3.89. The van der Waals surface area contributed by atoms with Gasteiger partial charge in [0.25, 0.3) is 5.89 Å². The van der Waals surface area contributed by atoms with Crippen LogP contribution in [-0.2, 0) is 17.9 Å². The van der Waals surface area contributed by atoms with Gasteiger partial charge in [0.2, 0.25) is 5.82 Å². The summed E-state index contributed by atoms with van der Waals surface area (Å²) < 4.78 is 18.7. The smallest absolute Gasteiger partial charge is 0.258 e. The lowest BCUT2D eigenvalue weighted by Crippen LogP contribution is -2.22. The van der Waals surface area contributed by atoms with Gasteiger partial charge >= 0.3 is 0 Å². The molecule has 0 saturated heterocycles. The van der Waals surface area contributed by atoms with Crippen molar-refractivity contribution in [2.45, 2.75) is 33.1 Å². The third kappa shape index (κ3) is 3.25. The van der Waals surface area contributed by atoms with Crippen molar-refractivity contribution in [1.82, 2.24) is 25.1 Å². The number of hydrogen-bond donors (Lipinski definition) is 0. The Morgan fingerprint density at radius 3 is 2.70 bits per heavy atom. The number of fused-ring (bicyclic) bond motifs is 1. The number of rotatable bonds is 4. The maximum absolute atomic E-state index is 6.08. The molecule has 4 aromatic rings. The standard InChI is InChI=1S/C22H21N5O3/c1-13-4-9-17(14(2)10-13)22-23-21(25-30-22)20-18-12-29-19(11-27(18)26-24-20)15-5-7-16(28-3)8-6-15/h4-10,19H,11-12H2,1-3H3/t19-/m0/s1. The lowest BCUT2D eigenvalue weighted by atomic mass is 10.1. The van der Waals surface area contributed by atoms with Crippen LogP contribution in [0.25, 0.3) is 23.0 Å². The fourth-order valence-electron chi connectivity index (χ4n) is 3.69. The summed E-state index contributed by atoms with van der Waals surface area (Å²) in [4.78, 5) is 4.55. The van der Waals surface area contributed by atoms with Crippen LogP contribution < -0.4 is 4.74 Å². The fourth-order valence-corrected chi connectivity index (χ4v) is 3.69. The molecule has 0 bridgehead atoms. The van der Waals surface area contributed by atoms with Crippen LogP contribution in [-0.4, -0.2) is 32.2 Å². The SMILES string of the molecule is COc1ccc([C@@H]2Cn3nnc(-c4noc(-c5ccc(C)cc5C)n4)c3CO2)cc1.